The van der Waals surface area contributed by atoms with Gasteiger partial charge < -0.3 is 15.5 Å². The lowest BCUT2D eigenvalue weighted by Crippen LogP contribution is -2.41. The van der Waals surface area contributed by atoms with Gasteiger partial charge in [-0.15, -0.1) is 0 Å². The quantitative estimate of drug-likeness (QED) is 0.575. The minimum atomic E-state index is -0.0962. The molecule has 0 aliphatic heterocycles. The summed E-state index contributed by atoms with van der Waals surface area (Å²) >= 11 is 0. The molecule has 0 unspecified atom stereocenters. The summed E-state index contributed by atoms with van der Waals surface area (Å²) in [7, 11) is 0. The third kappa shape index (κ3) is 6.40. The fourth-order valence-corrected chi connectivity index (χ4v) is 1.33. The Hall–Kier alpha value is -1.10. The highest BCUT2D eigenvalue weighted by molar-refractivity contribution is 5.84. The molecule has 94 valence electrons. The van der Waals surface area contributed by atoms with Crippen LogP contribution in [-0.2, 0) is 9.59 Å². The normalized spacial score (nSPS) is 9.94. The van der Waals surface area contributed by atoms with Crippen LogP contribution in [0.5, 0.6) is 0 Å². The van der Waals surface area contributed by atoms with Gasteiger partial charge in [0.05, 0.1) is 6.54 Å². The molecule has 0 bridgehead atoms. The van der Waals surface area contributed by atoms with Crippen LogP contribution in [0.15, 0.2) is 0 Å². The highest BCUT2D eigenvalue weighted by Crippen LogP contribution is 1.93. The molecule has 0 aromatic carbocycles. The van der Waals surface area contributed by atoms with Gasteiger partial charge in [-0.1, -0.05) is 6.92 Å². The molecule has 2 N–H and O–H groups in total. The van der Waals surface area contributed by atoms with Gasteiger partial charge in [0, 0.05) is 26.1 Å². The van der Waals surface area contributed by atoms with Gasteiger partial charge in [0.25, 0.3) is 0 Å². The minimum absolute atomic E-state index is 0.0229. The number of amides is 2. The van der Waals surface area contributed by atoms with E-state index in [1.165, 1.54) is 0 Å². The van der Waals surface area contributed by atoms with E-state index in [4.69, 9.17) is 0 Å². The van der Waals surface area contributed by atoms with Crippen LogP contribution in [0.2, 0.25) is 0 Å². The van der Waals surface area contributed by atoms with E-state index in [1.54, 1.807) is 4.90 Å². The second kappa shape index (κ2) is 9.15. The monoisotopic (exact) mass is 229 g/mol. The van der Waals surface area contributed by atoms with Crippen LogP contribution in [-0.4, -0.2) is 49.4 Å². The molecule has 0 saturated carbocycles. The van der Waals surface area contributed by atoms with Crippen molar-refractivity contribution in [3.8, 4) is 0 Å². The van der Waals surface area contributed by atoms with Crippen molar-refractivity contribution in [2.45, 2.75) is 27.2 Å². The van der Waals surface area contributed by atoms with Crippen LogP contribution in [0.3, 0.4) is 0 Å². The summed E-state index contributed by atoms with van der Waals surface area (Å²) in [6, 6.07) is 0. The average molecular weight is 229 g/mol. The summed E-state index contributed by atoms with van der Waals surface area (Å²) in [5, 5.41) is 5.77. The standard InChI is InChI=1S/C11H23N3O2/c1-4-12-8-7-11(16)14(6-3)9-10(15)13-5-2/h12H,4-9H2,1-3H3,(H,13,15). The maximum atomic E-state index is 11.7. The van der Waals surface area contributed by atoms with Crippen molar-refractivity contribution < 1.29 is 9.59 Å². The maximum absolute atomic E-state index is 11.7. The minimum Gasteiger partial charge on any atom is -0.355 e. The van der Waals surface area contributed by atoms with E-state index in [0.29, 0.717) is 26.1 Å². The van der Waals surface area contributed by atoms with Gasteiger partial charge in [-0.05, 0) is 20.4 Å². The second-order valence-electron chi connectivity index (χ2n) is 3.46. The molecule has 0 fully saturated rings. The molecule has 0 heterocycles. The number of rotatable bonds is 8. The molecular weight excluding hydrogens is 206 g/mol. The first kappa shape index (κ1) is 14.9. The van der Waals surface area contributed by atoms with Gasteiger partial charge in [0.2, 0.25) is 11.8 Å². The van der Waals surface area contributed by atoms with E-state index < -0.39 is 0 Å². The van der Waals surface area contributed by atoms with Gasteiger partial charge in [-0.3, -0.25) is 9.59 Å². The Kier molecular flexibility index (Phi) is 8.52. The average Bonchev–Trinajstić information content (AvgIpc) is 2.26. The van der Waals surface area contributed by atoms with Crippen LogP contribution in [0.25, 0.3) is 0 Å². The summed E-state index contributed by atoms with van der Waals surface area (Å²) in [6.07, 6.45) is 0.446. The number of likely N-dealkylation sites (N-methyl/N-ethyl adjacent to an activating group) is 2. The zero-order valence-electron chi connectivity index (χ0n) is 10.5. The molecule has 0 saturated heterocycles. The molecule has 0 atom stereocenters. The third-order valence-corrected chi connectivity index (χ3v) is 2.21. The van der Waals surface area contributed by atoms with Crippen molar-refractivity contribution in [2.75, 3.05) is 32.7 Å². The molecule has 0 aliphatic carbocycles. The molecule has 0 radical (unpaired) electrons. The first-order chi connectivity index (χ1) is 7.65. The van der Waals surface area contributed by atoms with Crippen LogP contribution in [0.4, 0.5) is 0 Å². The van der Waals surface area contributed by atoms with Crippen molar-refractivity contribution in [3.05, 3.63) is 0 Å². The van der Waals surface area contributed by atoms with Gasteiger partial charge in [-0.2, -0.15) is 0 Å². The molecule has 5 nitrogen and oxygen atoms in total. The van der Waals surface area contributed by atoms with Gasteiger partial charge >= 0.3 is 0 Å². The van der Waals surface area contributed by atoms with Crippen LogP contribution in [0.1, 0.15) is 27.2 Å². The molecule has 5 heteroatoms. The van der Waals surface area contributed by atoms with Crippen molar-refractivity contribution in [1.29, 1.82) is 0 Å². The summed E-state index contributed by atoms with van der Waals surface area (Å²) in [4.78, 5) is 24.6. The Balaban J connectivity index is 3.96. The maximum Gasteiger partial charge on any atom is 0.239 e. The lowest BCUT2D eigenvalue weighted by molar-refractivity contribution is -0.135. The van der Waals surface area contributed by atoms with Crippen molar-refractivity contribution in [1.82, 2.24) is 15.5 Å². The van der Waals surface area contributed by atoms with Crippen molar-refractivity contribution in [3.63, 3.8) is 0 Å². The van der Waals surface area contributed by atoms with E-state index in [9.17, 15) is 9.59 Å². The lowest BCUT2D eigenvalue weighted by atomic mass is 10.3. The fourth-order valence-electron chi connectivity index (χ4n) is 1.33. The molecule has 0 aromatic rings. The predicted molar refractivity (Wildman–Crippen MR) is 64.1 cm³/mol. The smallest absolute Gasteiger partial charge is 0.239 e. The summed E-state index contributed by atoms with van der Waals surface area (Å²) in [5.41, 5.74) is 0. The van der Waals surface area contributed by atoms with Crippen LogP contribution < -0.4 is 10.6 Å². The first-order valence-corrected chi connectivity index (χ1v) is 5.90. The zero-order valence-corrected chi connectivity index (χ0v) is 10.5. The van der Waals surface area contributed by atoms with Gasteiger partial charge in [0.1, 0.15) is 0 Å². The Bertz CT molecular complexity index is 219. The SMILES string of the molecule is CCNCCC(=O)N(CC)CC(=O)NCC. The lowest BCUT2D eigenvalue weighted by Gasteiger charge is -2.20. The van der Waals surface area contributed by atoms with E-state index in [2.05, 4.69) is 10.6 Å². The first-order valence-electron chi connectivity index (χ1n) is 5.90. The zero-order chi connectivity index (χ0) is 12.4. The highest BCUT2D eigenvalue weighted by Gasteiger charge is 2.14. The van der Waals surface area contributed by atoms with E-state index in [0.717, 1.165) is 6.54 Å². The largest absolute Gasteiger partial charge is 0.355 e. The predicted octanol–water partition coefficient (Wildman–Crippen LogP) is -0.0294. The fraction of sp³-hybridized carbons (Fsp3) is 0.818. The van der Waals surface area contributed by atoms with Crippen LogP contribution >= 0.6 is 0 Å². The Labute approximate surface area is 97.6 Å². The van der Waals surface area contributed by atoms with E-state index in [-0.39, 0.29) is 18.4 Å². The van der Waals surface area contributed by atoms with Crippen molar-refractivity contribution >= 4 is 11.8 Å². The van der Waals surface area contributed by atoms with E-state index >= 15 is 0 Å². The number of nitrogens with one attached hydrogen (secondary N) is 2. The summed E-state index contributed by atoms with van der Waals surface area (Å²) < 4.78 is 0. The number of nitrogens with zero attached hydrogens (tertiary/aromatic N) is 1. The number of carbonyl (C=O) groups excluding carboxylic acids is 2. The molecule has 0 rings (SSSR count). The molecule has 16 heavy (non-hydrogen) atoms. The Morgan fingerprint density at radius 2 is 1.81 bits per heavy atom. The molecule has 0 aromatic heterocycles. The van der Waals surface area contributed by atoms with Crippen LogP contribution in [0, 0.1) is 0 Å². The summed E-state index contributed by atoms with van der Waals surface area (Å²) in [5.74, 6) is -0.0733. The molecule has 0 aliphatic rings. The third-order valence-electron chi connectivity index (χ3n) is 2.21. The van der Waals surface area contributed by atoms with Gasteiger partial charge in [0.15, 0.2) is 0 Å². The van der Waals surface area contributed by atoms with Crippen molar-refractivity contribution in [2.24, 2.45) is 0 Å². The number of carbonyl (C=O) groups is 2. The highest BCUT2D eigenvalue weighted by atomic mass is 16.2. The second-order valence-corrected chi connectivity index (χ2v) is 3.46. The Morgan fingerprint density at radius 3 is 2.31 bits per heavy atom. The Morgan fingerprint density at radius 1 is 1.12 bits per heavy atom. The van der Waals surface area contributed by atoms with E-state index in [1.807, 2.05) is 20.8 Å². The topological polar surface area (TPSA) is 61.4 Å². The molecule has 2 amide bonds. The molecule has 0 spiro atoms. The number of hydrogen-bond acceptors (Lipinski definition) is 3. The summed E-state index contributed by atoms with van der Waals surface area (Å²) in [6.45, 7) is 8.60. The van der Waals surface area contributed by atoms with Gasteiger partial charge in [-0.25, -0.2) is 0 Å². The molecular formula is C11H23N3O2. The number of hydrogen-bond donors (Lipinski definition) is 2.